The van der Waals surface area contributed by atoms with Gasteiger partial charge in [0.2, 0.25) is 0 Å². The largest absolute Gasteiger partial charge is 0.494 e. The first-order valence-corrected chi connectivity index (χ1v) is 14.9. The first-order chi connectivity index (χ1) is 24.7. The summed E-state index contributed by atoms with van der Waals surface area (Å²) in [6, 6.07) is 7.38. The molecule has 0 spiro atoms. The summed E-state index contributed by atoms with van der Waals surface area (Å²) in [6.07, 6.45) is 0. The van der Waals surface area contributed by atoms with Crippen LogP contribution in [0.15, 0.2) is 48.5 Å². The molecule has 0 atom stereocenters. The Morgan fingerprint density at radius 3 is 1.31 bits per heavy atom. The van der Waals surface area contributed by atoms with Gasteiger partial charge in [-0.05, 0) is 36.4 Å². The minimum absolute atomic E-state index is 0.0740. The van der Waals surface area contributed by atoms with Crippen LogP contribution in [0.2, 0.25) is 0 Å². The second kappa shape index (κ2) is 13.0. The number of benzene rings is 4. The van der Waals surface area contributed by atoms with Crippen molar-refractivity contribution < 1.29 is 56.4 Å². The Morgan fingerprint density at radius 2 is 1.00 bits per heavy atom. The van der Waals surface area contributed by atoms with Crippen molar-refractivity contribution in [2.45, 2.75) is 13.1 Å². The molecule has 14 nitrogen and oxygen atoms in total. The van der Waals surface area contributed by atoms with Crippen LogP contribution in [0, 0.1) is 23.3 Å². The Bertz CT molecular complexity index is 2360. The summed E-state index contributed by atoms with van der Waals surface area (Å²) < 4.78 is 73.2. The quantitative estimate of drug-likeness (QED) is 0.137. The van der Waals surface area contributed by atoms with Crippen molar-refractivity contribution in [3.8, 4) is 34.3 Å². The van der Waals surface area contributed by atoms with Crippen molar-refractivity contribution in [3.05, 3.63) is 94.1 Å². The number of aromatic nitrogens is 4. The molecule has 266 valence electrons. The van der Waals surface area contributed by atoms with Gasteiger partial charge >= 0.3 is 11.9 Å². The van der Waals surface area contributed by atoms with Gasteiger partial charge < -0.3 is 40.3 Å². The molecule has 0 radical (unpaired) electrons. The van der Waals surface area contributed by atoms with E-state index in [0.29, 0.717) is 24.3 Å². The Morgan fingerprint density at radius 1 is 0.635 bits per heavy atom. The number of carboxylic acid groups (broad SMARTS) is 2. The molecule has 52 heavy (non-hydrogen) atoms. The molecule has 6 N–H and O–H groups in total. The molecule has 6 rings (SSSR count). The number of nitrogens with zero attached hydrogens (tertiary/aromatic N) is 4. The number of nitrogens with two attached hydrogens (primary N) is 2. The van der Waals surface area contributed by atoms with Crippen LogP contribution in [-0.2, 0) is 13.1 Å². The maximum Gasteiger partial charge on any atom is 0.336 e. The summed E-state index contributed by atoms with van der Waals surface area (Å²) in [5.41, 5.74) is 8.01. The lowest BCUT2D eigenvalue weighted by molar-refractivity contribution is 0.0686. The number of hydrogen-bond acceptors (Lipinski definition) is 8. The monoisotopic (exact) mass is 720 g/mol. The van der Waals surface area contributed by atoms with Gasteiger partial charge in [0.05, 0.1) is 58.6 Å². The third-order valence-electron chi connectivity index (χ3n) is 8.25. The van der Waals surface area contributed by atoms with E-state index in [1.54, 1.807) is 0 Å². The predicted octanol–water partition coefficient (Wildman–Crippen LogP) is 4.59. The van der Waals surface area contributed by atoms with Crippen molar-refractivity contribution in [2.24, 2.45) is 11.5 Å². The summed E-state index contributed by atoms with van der Waals surface area (Å²) in [4.78, 5) is 57.8. The van der Waals surface area contributed by atoms with Crippen LogP contribution in [0.3, 0.4) is 0 Å². The minimum atomic E-state index is -1.70. The number of methoxy groups -OCH3 is 2. The van der Waals surface area contributed by atoms with E-state index >= 15 is 8.78 Å². The molecule has 4 aromatic carbocycles. The highest BCUT2D eigenvalue weighted by molar-refractivity contribution is 6.04. The molecule has 0 saturated heterocycles. The van der Waals surface area contributed by atoms with E-state index in [4.69, 9.17) is 20.9 Å². The second-order valence-electron chi connectivity index (χ2n) is 11.2. The summed E-state index contributed by atoms with van der Waals surface area (Å²) in [5, 5.41) is 19.8. The number of primary amides is 2. The number of rotatable bonds is 11. The number of carboxylic acids is 2. The molecule has 0 aliphatic carbocycles. The number of aromatic carboxylic acids is 2. The Labute approximate surface area is 288 Å². The highest BCUT2D eigenvalue weighted by atomic mass is 19.1. The average Bonchev–Trinajstić information content (AvgIpc) is 3.63. The van der Waals surface area contributed by atoms with Crippen LogP contribution in [-0.4, -0.2) is 67.3 Å². The smallest absolute Gasteiger partial charge is 0.336 e. The fraction of sp³-hybridized carbons (Fsp3) is 0.118. The van der Waals surface area contributed by atoms with Crippen molar-refractivity contribution in [2.75, 3.05) is 14.2 Å². The zero-order valence-corrected chi connectivity index (χ0v) is 26.8. The molecule has 2 amide bonds. The van der Waals surface area contributed by atoms with Gasteiger partial charge in [-0.1, -0.05) is 0 Å². The SMILES string of the molecule is COc1c(C(N)=O)ccc2c1nc(-c1c(F)cc(F)cc1C(=O)O)n2CCn1c(-c2c(F)cc(F)cc2C(=O)O)nc2c(OC)c(C(N)=O)ccc21. The number of ether oxygens (including phenoxy) is 2. The number of halogens is 4. The zero-order chi connectivity index (χ0) is 37.8. The van der Waals surface area contributed by atoms with Gasteiger partial charge in [0, 0.05) is 25.2 Å². The van der Waals surface area contributed by atoms with E-state index in [1.165, 1.54) is 47.6 Å². The molecular formula is C34H24F4N6O8. The van der Waals surface area contributed by atoms with Crippen LogP contribution in [0.25, 0.3) is 44.8 Å². The fourth-order valence-corrected chi connectivity index (χ4v) is 6.11. The zero-order valence-electron chi connectivity index (χ0n) is 26.8. The van der Waals surface area contributed by atoms with Gasteiger partial charge in [-0.2, -0.15) is 0 Å². The molecule has 0 bridgehead atoms. The van der Waals surface area contributed by atoms with Gasteiger partial charge in [-0.25, -0.2) is 37.1 Å². The molecule has 0 aliphatic rings. The third-order valence-corrected chi connectivity index (χ3v) is 8.25. The molecule has 0 unspecified atom stereocenters. The first-order valence-electron chi connectivity index (χ1n) is 14.9. The van der Waals surface area contributed by atoms with Crippen LogP contribution < -0.4 is 20.9 Å². The van der Waals surface area contributed by atoms with Gasteiger partial charge in [0.25, 0.3) is 11.8 Å². The lowest BCUT2D eigenvalue weighted by Gasteiger charge is -2.16. The van der Waals surface area contributed by atoms with E-state index in [0.717, 1.165) is 0 Å². The summed E-state index contributed by atoms with van der Waals surface area (Å²) in [6.45, 7) is -0.630. The van der Waals surface area contributed by atoms with Crippen LogP contribution in [0.4, 0.5) is 17.6 Å². The maximum absolute atomic E-state index is 15.6. The molecule has 0 saturated carbocycles. The number of hydrogen-bond donors (Lipinski definition) is 4. The minimum Gasteiger partial charge on any atom is -0.494 e. The number of carbonyl (C=O) groups is 4. The molecule has 2 heterocycles. The van der Waals surface area contributed by atoms with Crippen LogP contribution in [0.5, 0.6) is 11.5 Å². The highest BCUT2D eigenvalue weighted by Gasteiger charge is 2.29. The standard InChI is InChI=1S/C34H24F4N6O8/c1-51-27-15(29(39)45)3-5-21-25(27)41-31(23-17(33(47)48)9-13(35)11-19(23)37)43(21)7-8-44-22-6-4-16(30(40)46)28(52-2)26(22)42-32(44)24-18(34(49)50)10-14(36)12-20(24)38/h3-6,9-12H,7-8H2,1-2H3,(H2,39,45)(H2,40,46)(H,47,48)(H,49,50). The lowest BCUT2D eigenvalue weighted by atomic mass is 10.1. The first kappa shape index (κ1) is 34.9. The molecule has 6 aromatic rings. The Kier molecular flexibility index (Phi) is 8.75. The van der Waals surface area contributed by atoms with E-state index in [9.17, 15) is 38.2 Å². The average molecular weight is 721 g/mol. The van der Waals surface area contributed by atoms with E-state index in [-0.39, 0.29) is 69.4 Å². The molecule has 0 fully saturated rings. The van der Waals surface area contributed by atoms with Gasteiger partial charge in [0.15, 0.2) is 11.5 Å². The molecule has 18 heteroatoms. The number of imidazole rings is 2. The summed E-state index contributed by atoms with van der Waals surface area (Å²) in [7, 11) is 2.41. The summed E-state index contributed by atoms with van der Waals surface area (Å²) >= 11 is 0. The van der Waals surface area contributed by atoms with Gasteiger partial charge in [-0.15, -0.1) is 0 Å². The van der Waals surface area contributed by atoms with Crippen LogP contribution >= 0.6 is 0 Å². The topological polar surface area (TPSA) is 215 Å². The van der Waals surface area contributed by atoms with Gasteiger partial charge in [0.1, 0.15) is 46.0 Å². The van der Waals surface area contributed by atoms with Crippen molar-refractivity contribution >= 4 is 45.8 Å². The van der Waals surface area contributed by atoms with Crippen molar-refractivity contribution in [1.29, 1.82) is 0 Å². The molecule has 2 aromatic heterocycles. The fourth-order valence-electron chi connectivity index (χ4n) is 6.11. The van der Waals surface area contributed by atoms with Crippen LogP contribution in [0.1, 0.15) is 41.4 Å². The predicted molar refractivity (Wildman–Crippen MR) is 174 cm³/mol. The maximum atomic E-state index is 15.6. The second-order valence-corrected chi connectivity index (χ2v) is 11.2. The van der Waals surface area contributed by atoms with Crippen molar-refractivity contribution in [1.82, 2.24) is 19.1 Å². The number of fused-ring (bicyclic) bond motifs is 2. The number of aryl methyl sites for hydroxylation is 2. The number of amides is 2. The van der Waals surface area contributed by atoms with E-state index in [1.807, 2.05) is 0 Å². The Balaban J connectivity index is 1.67. The lowest BCUT2D eigenvalue weighted by Crippen LogP contribution is -2.14. The van der Waals surface area contributed by atoms with Gasteiger partial charge in [-0.3, -0.25) is 9.59 Å². The molecular weight excluding hydrogens is 696 g/mol. The summed E-state index contributed by atoms with van der Waals surface area (Å²) in [5.74, 6) is -11.3. The van der Waals surface area contributed by atoms with E-state index < -0.39 is 69.3 Å². The molecule has 0 aliphatic heterocycles. The Hall–Kier alpha value is -6.98. The van der Waals surface area contributed by atoms with Crippen molar-refractivity contribution in [3.63, 3.8) is 0 Å². The number of carbonyl (C=O) groups excluding carboxylic acids is 2. The third kappa shape index (κ3) is 5.64. The normalized spacial score (nSPS) is 11.3. The van der Waals surface area contributed by atoms with E-state index in [2.05, 4.69) is 9.97 Å². The highest BCUT2D eigenvalue weighted by Crippen LogP contribution is 2.38.